The summed E-state index contributed by atoms with van der Waals surface area (Å²) in [5, 5.41) is 9.83. The van der Waals surface area contributed by atoms with Crippen LogP contribution in [0.3, 0.4) is 0 Å². The first kappa shape index (κ1) is 14.1. The number of hydrogen-bond donors (Lipinski definition) is 1. The van der Waals surface area contributed by atoms with Crippen molar-refractivity contribution in [3.05, 3.63) is 85.0 Å². The fourth-order valence-electron chi connectivity index (χ4n) is 2.07. The zero-order valence-electron chi connectivity index (χ0n) is 11.3. The molecule has 2 aromatic carbocycles. The lowest BCUT2D eigenvalue weighted by Crippen LogP contribution is -2.35. The number of aliphatic hydroxyl groups excluding tert-OH is 1. The number of aliphatic hydroxyl groups is 1. The highest BCUT2D eigenvalue weighted by molar-refractivity contribution is 5.55. The van der Waals surface area contributed by atoms with Crippen LogP contribution in [0.25, 0.3) is 6.08 Å². The van der Waals surface area contributed by atoms with E-state index in [1.54, 1.807) is 12.2 Å². The summed E-state index contributed by atoms with van der Waals surface area (Å²) in [4.78, 5) is 0. The molecule has 0 aliphatic carbocycles. The van der Waals surface area contributed by atoms with Crippen LogP contribution in [0.15, 0.2) is 73.8 Å². The van der Waals surface area contributed by atoms with E-state index < -0.39 is 5.60 Å². The first-order valence-corrected chi connectivity index (χ1v) is 6.46. The molecule has 2 nitrogen and oxygen atoms in total. The maximum absolute atomic E-state index is 9.83. The molecule has 0 aromatic heterocycles. The van der Waals surface area contributed by atoms with Crippen molar-refractivity contribution >= 4 is 6.08 Å². The normalized spacial score (nSPS) is 13.2. The van der Waals surface area contributed by atoms with Gasteiger partial charge in [-0.2, -0.15) is 0 Å². The van der Waals surface area contributed by atoms with Gasteiger partial charge in [-0.25, -0.2) is 0 Å². The fraction of sp³-hybridized carbons (Fsp3) is 0.111. The number of ether oxygens (including phenoxy) is 1. The van der Waals surface area contributed by atoms with E-state index in [4.69, 9.17) is 4.74 Å². The summed E-state index contributed by atoms with van der Waals surface area (Å²) in [5.41, 5.74) is 0.778. The Hall–Kier alpha value is -2.32. The largest absolute Gasteiger partial charge is 0.475 e. The lowest BCUT2D eigenvalue weighted by molar-refractivity contribution is 0.0477. The fourth-order valence-corrected chi connectivity index (χ4v) is 2.07. The standard InChI is InChI=1S/C18H18O2/c1-3-15-10-8-9-13-17(15)20-18(4-2,14-19)16-11-6-5-7-12-16/h3-13,19H,1-2,14H2/t18-/m1/s1. The molecule has 0 radical (unpaired) electrons. The third kappa shape index (κ3) is 2.65. The van der Waals surface area contributed by atoms with Gasteiger partial charge < -0.3 is 9.84 Å². The second-order valence-electron chi connectivity index (χ2n) is 4.46. The van der Waals surface area contributed by atoms with Crippen molar-refractivity contribution in [2.75, 3.05) is 6.61 Å². The first-order chi connectivity index (χ1) is 9.75. The Morgan fingerprint density at radius 1 is 1.00 bits per heavy atom. The Bertz CT molecular complexity index is 589. The number of benzene rings is 2. The van der Waals surface area contributed by atoms with Gasteiger partial charge in [0.1, 0.15) is 5.75 Å². The van der Waals surface area contributed by atoms with Crippen molar-refractivity contribution in [2.24, 2.45) is 0 Å². The molecule has 1 N–H and O–H groups in total. The van der Waals surface area contributed by atoms with Crippen LogP contribution in [-0.2, 0) is 5.60 Å². The third-order valence-corrected chi connectivity index (χ3v) is 3.26. The van der Waals surface area contributed by atoms with Crippen molar-refractivity contribution in [1.82, 2.24) is 0 Å². The molecule has 2 heteroatoms. The van der Waals surface area contributed by atoms with Crippen molar-refractivity contribution in [2.45, 2.75) is 5.60 Å². The summed E-state index contributed by atoms with van der Waals surface area (Å²) in [6.07, 6.45) is 3.35. The van der Waals surface area contributed by atoms with Crippen LogP contribution in [0.5, 0.6) is 5.75 Å². The summed E-state index contributed by atoms with van der Waals surface area (Å²) in [6.45, 7) is 7.41. The van der Waals surface area contributed by atoms with E-state index in [-0.39, 0.29) is 6.61 Å². The van der Waals surface area contributed by atoms with E-state index in [1.165, 1.54) is 0 Å². The SMILES string of the molecule is C=Cc1ccccc1O[C@](C=C)(CO)c1ccccc1. The van der Waals surface area contributed by atoms with Gasteiger partial charge in [-0.1, -0.05) is 67.8 Å². The Morgan fingerprint density at radius 2 is 1.65 bits per heavy atom. The highest BCUT2D eigenvalue weighted by Crippen LogP contribution is 2.31. The van der Waals surface area contributed by atoms with Gasteiger partial charge >= 0.3 is 0 Å². The lowest BCUT2D eigenvalue weighted by Gasteiger charge is -2.30. The Kier molecular flexibility index (Phi) is 4.38. The molecule has 0 saturated heterocycles. The van der Waals surface area contributed by atoms with Crippen LogP contribution in [0.2, 0.25) is 0 Å². The summed E-state index contributed by atoms with van der Waals surface area (Å²) >= 11 is 0. The van der Waals surface area contributed by atoms with Crippen molar-refractivity contribution in [3.63, 3.8) is 0 Å². The Morgan fingerprint density at radius 3 is 2.25 bits per heavy atom. The van der Waals surface area contributed by atoms with Gasteiger partial charge in [0.2, 0.25) is 0 Å². The van der Waals surface area contributed by atoms with Crippen LogP contribution in [0.1, 0.15) is 11.1 Å². The summed E-state index contributed by atoms with van der Waals surface area (Å²) < 4.78 is 6.07. The maximum atomic E-state index is 9.83. The molecule has 0 unspecified atom stereocenters. The molecular formula is C18H18O2. The van der Waals surface area contributed by atoms with E-state index in [2.05, 4.69) is 13.2 Å². The molecule has 102 valence electrons. The van der Waals surface area contributed by atoms with Crippen LogP contribution < -0.4 is 4.74 Å². The average molecular weight is 266 g/mol. The van der Waals surface area contributed by atoms with Crippen LogP contribution >= 0.6 is 0 Å². The van der Waals surface area contributed by atoms with Gasteiger partial charge in [-0.15, -0.1) is 0 Å². The van der Waals surface area contributed by atoms with Crippen LogP contribution in [0.4, 0.5) is 0 Å². The molecule has 0 aliphatic heterocycles. The second kappa shape index (κ2) is 6.22. The van der Waals surface area contributed by atoms with E-state index in [1.807, 2.05) is 54.6 Å². The van der Waals surface area contributed by atoms with E-state index in [0.717, 1.165) is 11.1 Å². The summed E-state index contributed by atoms with van der Waals surface area (Å²) in [7, 11) is 0. The predicted molar refractivity (Wildman–Crippen MR) is 82.6 cm³/mol. The minimum absolute atomic E-state index is 0.189. The summed E-state index contributed by atoms with van der Waals surface area (Å²) in [6, 6.07) is 17.1. The van der Waals surface area contributed by atoms with Crippen molar-refractivity contribution in [3.8, 4) is 5.75 Å². The minimum atomic E-state index is -0.958. The summed E-state index contributed by atoms with van der Waals surface area (Å²) in [5.74, 6) is 0.667. The molecule has 2 rings (SSSR count). The monoisotopic (exact) mass is 266 g/mol. The molecule has 0 amide bonds. The smallest absolute Gasteiger partial charge is 0.175 e. The molecule has 0 fully saturated rings. The maximum Gasteiger partial charge on any atom is 0.175 e. The van der Waals surface area contributed by atoms with Gasteiger partial charge in [-0.05, 0) is 12.1 Å². The topological polar surface area (TPSA) is 29.5 Å². The van der Waals surface area contributed by atoms with Gasteiger partial charge in [-0.3, -0.25) is 0 Å². The molecule has 0 aliphatic rings. The molecule has 1 atom stereocenters. The van der Waals surface area contributed by atoms with Crippen LogP contribution in [0, 0.1) is 0 Å². The van der Waals surface area contributed by atoms with Gasteiger partial charge in [0.05, 0.1) is 6.61 Å². The molecule has 0 saturated carbocycles. The zero-order valence-corrected chi connectivity index (χ0v) is 11.3. The molecular weight excluding hydrogens is 248 g/mol. The minimum Gasteiger partial charge on any atom is -0.475 e. The highest BCUT2D eigenvalue weighted by Gasteiger charge is 2.30. The van der Waals surface area contributed by atoms with Gasteiger partial charge in [0.25, 0.3) is 0 Å². The van der Waals surface area contributed by atoms with E-state index >= 15 is 0 Å². The number of hydrogen-bond acceptors (Lipinski definition) is 2. The first-order valence-electron chi connectivity index (χ1n) is 6.46. The zero-order chi connectivity index (χ0) is 14.4. The quantitative estimate of drug-likeness (QED) is 0.806. The molecule has 0 spiro atoms. The van der Waals surface area contributed by atoms with Gasteiger partial charge in [0.15, 0.2) is 5.60 Å². The van der Waals surface area contributed by atoms with Crippen LogP contribution in [-0.4, -0.2) is 11.7 Å². The van der Waals surface area contributed by atoms with Gasteiger partial charge in [0, 0.05) is 11.1 Å². The third-order valence-electron chi connectivity index (χ3n) is 3.26. The Balaban J connectivity index is 2.44. The number of para-hydroxylation sites is 1. The second-order valence-corrected chi connectivity index (χ2v) is 4.46. The predicted octanol–water partition coefficient (Wildman–Crippen LogP) is 3.78. The Labute approximate surface area is 119 Å². The molecule has 20 heavy (non-hydrogen) atoms. The average Bonchev–Trinajstić information content (AvgIpc) is 2.54. The van der Waals surface area contributed by atoms with E-state index in [0.29, 0.717) is 5.75 Å². The van der Waals surface area contributed by atoms with E-state index in [9.17, 15) is 5.11 Å². The van der Waals surface area contributed by atoms with Crippen molar-refractivity contribution in [1.29, 1.82) is 0 Å². The highest BCUT2D eigenvalue weighted by atomic mass is 16.5. The van der Waals surface area contributed by atoms with Crippen molar-refractivity contribution < 1.29 is 9.84 Å². The molecule has 0 heterocycles. The molecule has 0 bridgehead atoms. The number of rotatable bonds is 6. The lowest BCUT2D eigenvalue weighted by atomic mass is 9.94. The molecule has 2 aromatic rings.